The van der Waals surface area contributed by atoms with Gasteiger partial charge in [-0.05, 0) is 36.0 Å². The van der Waals surface area contributed by atoms with Crippen molar-refractivity contribution in [2.75, 3.05) is 37.7 Å². The van der Waals surface area contributed by atoms with Crippen LogP contribution in [0.25, 0.3) is 11.1 Å². The van der Waals surface area contributed by atoms with Gasteiger partial charge in [0, 0.05) is 42.5 Å². The number of carbonyl (C=O) groups excluding carboxylic acids is 2. The number of primary amides is 2. The highest BCUT2D eigenvalue weighted by molar-refractivity contribution is 5.82. The molecule has 1 unspecified atom stereocenters. The number of fused-ring (bicyclic) bond motifs is 1. The fraction of sp³-hybridized carbons (Fsp3) is 0.538. The summed E-state index contributed by atoms with van der Waals surface area (Å²) >= 11 is 0. The highest BCUT2D eigenvalue weighted by Gasteiger charge is 2.46. The number of nitrogens with zero attached hydrogens (tertiary/aromatic N) is 3. The monoisotopic (exact) mass is 497 g/mol. The number of ether oxygens (including phenoxy) is 2. The summed E-state index contributed by atoms with van der Waals surface area (Å²) in [5.41, 5.74) is 15.5. The second-order valence-electron chi connectivity index (χ2n) is 10.8. The predicted molar refractivity (Wildman–Crippen MR) is 135 cm³/mol. The molecule has 5 rings (SSSR count). The average molecular weight is 498 g/mol. The summed E-state index contributed by atoms with van der Waals surface area (Å²) in [6.07, 6.45) is 0.389. The number of hydrogen-bond donors (Lipinski definition) is 2. The van der Waals surface area contributed by atoms with Crippen molar-refractivity contribution in [1.29, 1.82) is 0 Å². The summed E-state index contributed by atoms with van der Waals surface area (Å²) < 4.78 is 13.5. The number of hydrogen-bond acceptors (Lipinski definition) is 7. The van der Waals surface area contributed by atoms with Gasteiger partial charge in [0.2, 0.25) is 0 Å². The lowest BCUT2D eigenvalue weighted by Gasteiger charge is -2.42. The van der Waals surface area contributed by atoms with Crippen LogP contribution in [0.1, 0.15) is 57.0 Å². The molecule has 1 aromatic heterocycles. The molecule has 1 aliphatic carbocycles. The van der Waals surface area contributed by atoms with Crippen LogP contribution in [0, 0.1) is 5.41 Å². The SMILES string of the molecule is CC(C)(C)C1c2c(OC(N)=O)c(-c3ccc(N4CCOCC4)cc3)c(C3CC3)n2CCN1OC(N)=O. The van der Waals surface area contributed by atoms with E-state index in [9.17, 15) is 9.59 Å². The molecule has 2 aliphatic heterocycles. The lowest BCUT2D eigenvalue weighted by Crippen LogP contribution is -2.46. The molecule has 10 nitrogen and oxygen atoms in total. The van der Waals surface area contributed by atoms with Gasteiger partial charge in [-0.1, -0.05) is 32.9 Å². The highest BCUT2D eigenvalue weighted by Crippen LogP contribution is 2.55. The zero-order chi connectivity index (χ0) is 25.6. The molecule has 0 spiro atoms. The van der Waals surface area contributed by atoms with Crippen LogP contribution < -0.4 is 21.1 Å². The van der Waals surface area contributed by atoms with Crippen molar-refractivity contribution in [3.8, 4) is 16.9 Å². The van der Waals surface area contributed by atoms with E-state index < -0.39 is 18.2 Å². The van der Waals surface area contributed by atoms with Crippen LogP contribution in [-0.2, 0) is 16.1 Å². The molecular weight excluding hydrogens is 462 g/mol. The summed E-state index contributed by atoms with van der Waals surface area (Å²) in [5.74, 6) is 0.799. The Bertz CT molecular complexity index is 1140. The van der Waals surface area contributed by atoms with E-state index in [1.807, 2.05) is 0 Å². The van der Waals surface area contributed by atoms with Crippen molar-refractivity contribution in [2.24, 2.45) is 16.9 Å². The number of amides is 2. The molecule has 1 saturated carbocycles. The molecular formula is C26H35N5O5. The van der Waals surface area contributed by atoms with E-state index in [-0.39, 0.29) is 5.41 Å². The number of aromatic nitrogens is 1. The second kappa shape index (κ2) is 9.33. The van der Waals surface area contributed by atoms with Gasteiger partial charge in [0.05, 0.1) is 31.5 Å². The van der Waals surface area contributed by atoms with Gasteiger partial charge in [0.1, 0.15) is 0 Å². The van der Waals surface area contributed by atoms with Crippen LogP contribution in [0.2, 0.25) is 0 Å². The first kappa shape index (κ1) is 24.5. The normalized spacial score (nSPS) is 20.6. The number of rotatable bonds is 5. The van der Waals surface area contributed by atoms with Crippen LogP contribution in [0.5, 0.6) is 5.75 Å². The third-order valence-corrected chi connectivity index (χ3v) is 7.11. The maximum atomic E-state index is 12.2. The first-order valence-electron chi connectivity index (χ1n) is 12.6. The van der Waals surface area contributed by atoms with E-state index in [1.54, 1.807) is 5.06 Å². The minimum absolute atomic E-state index is 0.368. The molecule has 1 atom stereocenters. The minimum atomic E-state index is -0.877. The van der Waals surface area contributed by atoms with E-state index in [2.05, 4.69) is 54.5 Å². The molecule has 2 aromatic rings. The van der Waals surface area contributed by atoms with E-state index >= 15 is 0 Å². The maximum absolute atomic E-state index is 12.2. The van der Waals surface area contributed by atoms with Crippen molar-refractivity contribution in [1.82, 2.24) is 9.63 Å². The Hall–Kier alpha value is -3.24. The molecule has 0 radical (unpaired) electrons. The van der Waals surface area contributed by atoms with Crippen LogP contribution in [0.15, 0.2) is 24.3 Å². The molecule has 2 fully saturated rings. The van der Waals surface area contributed by atoms with Gasteiger partial charge in [-0.15, -0.1) is 5.06 Å². The predicted octanol–water partition coefficient (Wildman–Crippen LogP) is 3.74. The largest absolute Gasteiger partial charge is 0.423 e. The first-order chi connectivity index (χ1) is 17.1. The van der Waals surface area contributed by atoms with Gasteiger partial charge >= 0.3 is 12.2 Å². The van der Waals surface area contributed by atoms with E-state index in [0.29, 0.717) is 38.0 Å². The summed E-state index contributed by atoms with van der Waals surface area (Å²) in [7, 11) is 0. The second-order valence-corrected chi connectivity index (χ2v) is 10.8. The minimum Gasteiger partial charge on any atom is -0.408 e. The zero-order valence-corrected chi connectivity index (χ0v) is 21.2. The van der Waals surface area contributed by atoms with Crippen molar-refractivity contribution in [3.05, 3.63) is 35.7 Å². The van der Waals surface area contributed by atoms with E-state index in [0.717, 1.165) is 54.1 Å². The average Bonchev–Trinajstić information content (AvgIpc) is 3.61. The number of anilines is 1. The summed E-state index contributed by atoms with van der Waals surface area (Å²) in [6.45, 7) is 10.3. The Balaban J connectivity index is 1.66. The van der Waals surface area contributed by atoms with E-state index in [4.69, 9.17) is 25.8 Å². The van der Waals surface area contributed by atoms with Crippen LogP contribution >= 0.6 is 0 Å². The fourth-order valence-corrected chi connectivity index (χ4v) is 5.59. The van der Waals surface area contributed by atoms with Gasteiger partial charge in [-0.2, -0.15) is 0 Å². The molecule has 36 heavy (non-hydrogen) atoms. The third-order valence-electron chi connectivity index (χ3n) is 7.11. The van der Waals surface area contributed by atoms with Gasteiger partial charge in [-0.3, -0.25) is 0 Å². The number of benzene rings is 1. The maximum Gasteiger partial charge on any atom is 0.423 e. The van der Waals surface area contributed by atoms with Crippen LogP contribution in [0.4, 0.5) is 15.3 Å². The van der Waals surface area contributed by atoms with Crippen molar-refractivity contribution < 1.29 is 23.9 Å². The molecule has 1 saturated heterocycles. The van der Waals surface area contributed by atoms with Crippen LogP contribution in [0.3, 0.4) is 0 Å². The summed E-state index contributed by atoms with van der Waals surface area (Å²) in [5, 5.41) is 1.60. The molecule has 2 amide bonds. The number of carbonyl (C=O) groups is 2. The third kappa shape index (κ3) is 4.62. The van der Waals surface area contributed by atoms with Crippen molar-refractivity contribution in [2.45, 2.75) is 52.1 Å². The summed E-state index contributed by atoms with van der Waals surface area (Å²) in [6, 6.07) is 7.97. The standard InChI is InChI=1S/C26H35N5O5/c1-26(2,3)23-21-22(35-24(27)32)19(16-6-8-18(9-7-16)29-12-14-34-15-13-29)20(17-4-5-17)30(21)10-11-31(23)36-25(28)33/h6-9,17,23H,4-5,10-15H2,1-3H3,(H2,27,32)(H2,28,33). The molecule has 4 N–H and O–H groups in total. The first-order valence-corrected chi connectivity index (χ1v) is 12.6. The van der Waals surface area contributed by atoms with Gasteiger partial charge in [0.25, 0.3) is 0 Å². The van der Waals surface area contributed by atoms with Gasteiger partial charge in [-0.25, -0.2) is 9.59 Å². The molecule has 3 aliphatic rings. The Morgan fingerprint density at radius 3 is 2.17 bits per heavy atom. The molecule has 3 heterocycles. The Morgan fingerprint density at radius 2 is 1.61 bits per heavy atom. The Kier molecular flexibility index (Phi) is 6.34. The smallest absolute Gasteiger partial charge is 0.408 e. The van der Waals surface area contributed by atoms with Gasteiger partial charge < -0.3 is 35.2 Å². The van der Waals surface area contributed by atoms with Crippen LogP contribution in [-0.4, -0.2) is 54.7 Å². The Morgan fingerprint density at radius 1 is 0.944 bits per heavy atom. The highest BCUT2D eigenvalue weighted by atomic mass is 16.7. The van der Waals surface area contributed by atoms with Crippen molar-refractivity contribution >= 4 is 17.9 Å². The zero-order valence-electron chi connectivity index (χ0n) is 21.2. The quantitative estimate of drug-likeness (QED) is 0.645. The molecule has 1 aromatic carbocycles. The Labute approximate surface area is 211 Å². The van der Waals surface area contributed by atoms with Crippen molar-refractivity contribution in [3.63, 3.8) is 0 Å². The molecule has 194 valence electrons. The topological polar surface area (TPSA) is 125 Å². The lowest BCUT2D eigenvalue weighted by molar-refractivity contribution is -0.168. The van der Waals surface area contributed by atoms with Gasteiger partial charge in [0.15, 0.2) is 5.75 Å². The van der Waals surface area contributed by atoms with E-state index in [1.165, 1.54) is 0 Å². The molecule has 0 bridgehead atoms. The number of hydroxylamine groups is 2. The fourth-order valence-electron chi connectivity index (χ4n) is 5.59. The number of nitrogens with two attached hydrogens (primary N) is 2. The molecule has 10 heteroatoms. The number of morpholine rings is 1. The summed E-state index contributed by atoms with van der Waals surface area (Å²) in [4.78, 5) is 31.6. The lowest BCUT2D eigenvalue weighted by atomic mass is 9.83.